The zero-order chi connectivity index (χ0) is 22.9. The number of piperidine rings is 1. The third kappa shape index (κ3) is 4.41. The molecule has 5 atom stereocenters. The van der Waals surface area contributed by atoms with Crippen LogP contribution in [-0.2, 0) is 25.5 Å². The Morgan fingerprint density at radius 1 is 1.28 bits per heavy atom. The predicted octanol–water partition coefficient (Wildman–Crippen LogP) is 0.913. The molecule has 2 saturated heterocycles. The van der Waals surface area contributed by atoms with Crippen LogP contribution in [0.3, 0.4) is 0 Å². The summed E-state index contributed by atoms with van der Waals surface area (Å²) in [6.45, 7) is 3.75. The van der Waals surface area contributed by atoms with E-state index in [4.69, 9.17) is 26.4 Å². The third-order valence-electron chi connectivity index (χ3n) is 5.82. The van der Waals surface area contributed by atoms with Crippen molar-refractivity contribution in [3.8, 4) is 0 Å². The van der Waals surface area contributed by atoms with Crippen LogP contribution in [0.25, 0.3) is 0 Å². The van der Waals surface area contributed by atoms with E-state index in [0.29, 0.717) is 6.54 Å². The van der Waals surface area contributed by atoms with Crippen LogP contribution in [0.4, 0.5) is 0 Å². The van der Waals surface area contributed by atoms with Gasteiger partial charge in [0.1, 0.15) is 30.7 Å². The number of hydrogen-bond donors (Lipinski definition) is 2. The Balaban J connectivity index is 1.73. The van der Waals surface area contributed by atoms with Crippen molar-refractivity contribution in [2.24, 2.45) is 0 Å². The molecule has 0 aliphatic carbocycles. The summed E-state index contributed by atoms with van der Waals surface area (Å²) in [5.41, 5.74) is 0.993. The van der Waals surface area contributed by atoms with Crippen molar-refractivity contribution >= 4 is 23.3 Å². The maximum absolute atomic E-state index is 13.0. The number of rotatable bonds is 5. The van der Waals surface area contributed by atoms with Gasteiger partial charge in [0.15, 0.2) is 5.79 Å². The first kappa shape index (κ1) is 22.8. The lowest BCUT2D eigenvalue weighted by Crippen LogP contribution is -2.70. The highest BCUT2D eigenvalue weighted by Gasteiger charge is 2.60. The fourth-order valence-corrected chi connectivity index (χ4v) is 4.69. The first-order chi connectivity index (χ1) is 15.3. The number of aliphatic hydroxyl groups is 1. The van der Waals surface area contributed by atoms with E-state index in [1.807, 2.05) is 35.2 Å². The average Bonchev–Trinajstić information content (AvgIpc) is 3.41. The van der Waals surface area contributed by atoms with Crippen molar-refractivity contribution in [3.05, 3.63) is 54.6 Å². The molecular formula is C22H28N4O5S. The standard InChI is InChI=1S/C22H28N4O5S/c1-22(2)30-18-16(20(28)23-3)26(11-14-7-5-4-6-8-14)15(12-27)17(19(18)31-22)29-21(32)25-10-9-24-13-25/h4-10,13,15-19,27H,11-12H2,1-3H3,(H,23,28)/t15-,16+,17-,18-,19+/m1/s1. The molecule has 0 unspecified atom stereocenters. The van der Waals surface area contributed by atoms with Gasteiger partial charge in [-0.05, 0) is 31.6 Å². The highest BCUT2D eigenvalue weighted by molar-refractivity contribution is 7.80. The minimum atomic E-state index is -0.928. The van der Waals surface area contributed by atoms with Gasteiger partial charge in [0, 0.05) is 26.0 Å². The lowest BCUT2D eigenvalue weighted by atomic mass is 9.87. The Hall–Kier alpha value is -2.37. The van der Waals surface area contributed by atoms with Crippen LogP contribution in [-0.4, -0.2) is 80.5 Å². The topological polar surface area (TPSA) is 98.1 Å². The summed E-state index contributed by atoms with van der Waals surface area (Å²) in [7, 11) is 1.59. The first-order valence-electron chi connectivity index (χ1n) is 10.5. The monoisotopic (exact) mass is 460 g/mol. The van der Waals surface area contributed by atoms with E-state index in [-0.39, 0.29) is 17.7 Å². The maximum Gasteiger partial charge on any atom is 0.269 e. The molecule has 0 spiro atoms. The summed E-state index contributed by atoms with van der Waals surface area (Å²) < 4.78 is 20.2. The van der Waals surface area contributed by atoms with Crippen molar-refractivity contribution in [1.29, 1.82) is 0 Å². The van der Waals surface area contributed by atoms with Crippen LogP contribution < -0.4 is 5.32 Å². The highest BCUT2D eigenvalue weighted by atomic mass is 32.1. The van der Waals surface area contributed by atoms with Gasteiger partial charge in [-0.3, -0.25) is 14.3 Å². The zero-order valence-corrected chi connectivity index (χ0v) is 19.1. The van der Waals surface area contributed by atoms with Crippen molar-refractivity contribution in [2.45, 2.75) is 56.6 Å². The zero-order valence-electron chi connectivity index (χ0n) is 18.2. The van der Waals surface area contributed by atoms with Crippen molar-refractivity contribution in [2.75, 3.05) is 13.7 Å². The minimum Gasteiger partial charge on any atom is -0.462 e. The lowest BCUT2D eigenvalue weighted by molar-refractivity contribution is -0.154. The summed E-state index contributed by atoms with van der Waals surface area (Å²) >= 11 is 5.47. The number of likely N-dealkylation sites (tertiary alicyclic amines) is 1. The van der Waals surface area contributed by atoms with Crippen LogP contribution in [0.2, 0.25) is 0 Å². The molecule has 2 aromatic rings. The molecule has 2 aliphatic heterocycles. The Morgan fingerprint density at radius 3 is 2.62 bits per heavy atom. The number of aliphatic hydroxyl groups excluding tert-OH is 1. The smallest absolute Gasteiger partial charge is 0.269 e. The fourth-order valence-electron chi connectivity index (χ4n) is 4.47. The van der Waals surface area contributed by atoms with E-state index in [2.05, 4.69) is 10.3 Å². The molecule has 2 N–H and O–H groups in total. The molecule has 10 heteroatoms. The molecule has 4 rings (SSSR count). The molecule has 1 amide bonds. The molecule has 2 aliphatic rings. The van der Waals surface area contributed by atoms with E-state index >= 15 is 0 Å². The van der Waals surface area contributed by atoms with Crippen LogP contribution in [0.5, 0.6) is 0 Å². The number of fused-ring (bicyclic) bond motifs is 1. The Morgan fingerprint density at radius 2 is 2.00 bits per heavy atom. The second kappa shape index (κ2) is 9.24. The minimum absolute atomic E-state index is 0.177. The number of nitrogens with zero attached hydrogens (tertiary/aromatic N) is 3. The molecule has 1 aromatic carbocycles. The summed E-state index contributed by atoms with van der Waals surface area (Å²) in [5, 5.41) is 13.4. The number of likely N-dealkylation sites (N-methyl/N-ethyl adjacent to an activating group) is 1. The van der Waals surface area contributed by atoms with Gasteiger partial charge in [0.05, 0.1) is 12.6 Å². The molecule has 32 heavy (non-hydrogen) atoms. The molecule has 0 radical (unpaired) electrons. The van der Waals surface area contributed by atoms with Gasteiger partial charge in [0.25, 0.3) is 5.17 Å². The van der Waals surface area contributed by atoms with Crippen molar-refractivity contribution in [3.63, 3.8) is 0 Å². The number of aromatic nitrogens is 2. The number of imidazole rings is 1. The Bertz CT molecular complexity index is 939. The van der Waals surface area contributed by atoms with Gasteiger partial charge in [-0.25, -0.2) is 4.98 Å². The number of ether oxygens (including phenoxy) is 3. The van der Waals surface area contributed by atoms with Crippen molar-refractivity contribution < 1.29 is 24.1 Å². The lowest BCUT2D eigenvalue weighted by Gasteiger charge is -2.48. The summed E-state index contributed by atoms with van der Waals surface area (Å²) in [4.78, 5) is 19.0. The normalized spacial score (nSPS) is 29.3. The molecule has 3 heterocycles. The molecule has 172 valence electrons. The van der Waals surface area contributed by atoms with Gasteiger partial charge >= 0.3 is 0 Å². The average molecular weight is 461 g/mol. The number of hydrogen-bond acceptors (Lipinski definition) is 8. The molecule has 1 aromatic heterocycles. The largest absolute Gasteiger partial charge is 0.462 e. The molecule has 9 nitrogen and oxygen atoms in total. The second-order valence-corrected chi connectivity index (χ2v) is 8.70. The molecule has 2 fully saturated rings. The molecular weight excluding hydrogens is 432 g/mol. The quantitative estimate of drug-likeness (QED) is 0.636. The summed E-state index contributed by atoms with van der Waals surface area (Å²) in [6.07, 6.45) is 2.92. The van der Waals surface area contributed by atoms with Gasteiger partial charge in [-0.2, -0.15) is 0 Å². The fraction of sp³-hybridized carbons (Fsp3) is 0.500. The van der Waals surface area contributed by atoms with Crippen molar-refractivity contribution in [1.82, 2.24) is 19.8 Å². The van der Waals surface area contributed by atoms with E-state index < -0.39 is 36.2 Å². The van der Waals surface area contributed by atoms with Gasteiger partial charge in [0.2, 0.25) is 5.91 Å². The Kier molecular flexibility index (Phi) is 6.59. The van der Waals surface area contributed by atoms with E-state index in [9.17, 15) is 9.90 Å². The molecule has 0 saturated carbocycles. The SMILES string of the molecule is CNC(=O)[C@@H]1[C@H]2OC(C)(C)O[C@H]2[C@H](OC(=S)n2ccnc2)[C@@H](CO)N1Cc1ccccc1. The van der Waals surface area contributed by atoms with Gasteiger partial charge in [-0.1, -0.05) is 30.3 Å². The van der Waals surface area contributed by atoms with E-state index in [1.54, 1.807) is 44.2 Å². The number of benzene rings is 1. The Labute approximate surface area is 192 Å². The summed E-state index contributed by atoms with van der Waals surface area (Å²) in [6, 6.07) is 8.49. The number of amides is 1. The van der Waals surface area contributed by atoms with Gasteiger partial charge in [-0.15, -0.1) is 0 Å². The number of carbonyl (C=O) groups excluding carboxylic acids is 1. The summed E-state index contributed by atoms with van der Waals surface area (Å²) in [5.74, 6) is -1.14. The molecule has 0 bridgehead atoms. The maximum atomic E-state index is 13.0. The van der Waals surface area contributed by atoms with E-state index in [1.165, 1.54) is 0 Å². The predicted molar refractivity (Wildman–Crippen MR) is 120 cm³/mol. The first-order valence-corrected chi connectivity index (χ1v) is 10.9. The van der Waals surface area contributed by atoms with Crippen LogP contribution >= 0.6 is 12.2 Å². The third-order valence-corrected chi connectivity index (χ3v) is 6.13. The highest BCUT2D eigenvalue weighted by Crippen LogP contribution is 2.40. The van der Waals surface area contributed by atoms with Crippen LogP contribution in [0.15, 0.2) is 49.1 Å². The number of nitrogens with one attached hydrogen (secondary N) is 1. The van der Waals surface area contributed by atoms with Crippen LogP contribution in [0, 0.1) is 0 Å². The van der Waals surface area contributed by atoms with E-state index in [0.717, 1.165) is 5.56 Å². The second-order valence-electron chi connectivity index (χ2n) is 8.35. The van der Waals surface area contributed by atoms with Crippen LogP contribution in [0.1, 0.15) is 19.4 Å². The number of carbonyl (C=O) groups is 1. The van der Waals surface area contributed by atoms with Gasteiger partial charge < -0.3 is 24.6 Å². The number of thiocarbonyl (C=S) groups is 1.